The third kappa shape index (κ3) is 9.35. The maximum atomic E-state index is 11.7. The highest BCUT2D eigenvalue weighted by Crippen LogP contribution is 2.06. The Hall–Kier alpha value is -2.29. The number of allylic oxidation sites excluding steroid dienone is 5. The van der Waals surface area contributed by atoms with Gasteiger partial charge in [-0.3, -0.25) is 0 Å². The summed E-state index contributed by atoms with van der Waals surface area (Å²) in [4.78, 5) is 11.7. The number of carbonyl (C=O) groups is 1. The van der Waals surface area contributed by atoms with Crippen molar-refractivity contribution >= 4 is 6.03 Å². The SMILES string of the molecule is C=C/C=C\C(=C/C)CCCNC(=O)NCCCc1ccccc1. The summed E-state index contributed by atoms with van der Waals surface area (Å²) in [7, 11) is 0. The zero-order valence-corrected chi connectivity index (χ0v) is 14.1. The fourth-order valence-corrected chi connectivity index (χ4v) is 2.21. The molecule has 0 aliphatic heterocycles. The van der Waals surface area contributed by atoms with E-state index in [9.17, 15) is 4.79 Å². The molecule has 0 fully saturated rings. The molecule has 1 aromatic carbocycles. The molecule has 124 valence electrons. The Bertz CT molecular complexity index is 518. The Morgan fingerprint density at radius 2 is 1.83 bits per heavy atom. The summed E-state index contributed by atoms with van der Waals surface area (Å²) in [6.07, 6.45) is 11.7. The number of carbonyl (C=O) groups excluding carboxylic acids is 1. The van der Waals surface area contributed by atoms with Crippen molar-refractivity contribution in [3.05, 3.63) is 72.4 Å². The van der Waals surface area contributed by atoms with E-state index >= 15 is 0 Å². The number of amides is 2. The van der Waals surface area contributed by atoms with Crippen LogP contribution in [0.5, 0.6) is 0 Å². The van der Waals surface area contributed by atoms with Crippen molar-refractivity contribution in [2.24, 2.45) is 0 Å². The van der Waals surface area contributed by atoms with E-state index in [4.69, 9.17) is 0 Å². The predicted molar refractivity (Wildman–Crippen MR) is 98.5 cm³/mol. The second-order valence-corrected chi connectivity index (χ2v) is 5.33. The number of urea groups is 1. The molecule has 0 spiro atoms. The summed E-state index contributed by atoms with van der Waals surface area (Å²) < 4.78 is 0. The van der Waals surface area contributed by atoms with Crippen molar-refractivity contribution in [3.8, 4) is 0 Å². The van der Waals surface area contributed by atoms with Crippen LogP contribution in [0.25, 0.3) is 0 Å². The van der Waals surface area contributed by atoms with Gasteiger partial charge in [0, 0.05) is 13.1 Å². The minimum absolute atomic E-state index is 0.0817. The average Bonchev–Trinajstić information content (AvgIpc) is 2.59. The van der Waals surface area contributed by atoms with Gasteiger partial charge < -0.3 is 10.6 Å². The monoisotopic (exact) mass is 312 g/mol. The van der Waals surface area contributed by atoms with E-state index in [-0.39, 0.29) is 6.03 Å². The predicted octanol–water partition coefficient (Wildman–Crippen LogP) is 4.39. The molecule has 0 heterocycles. The quantitative estimate of drug-likeness (QED) is 0.488. The van der Waals surface area contributed by atoms with Gasteiger partial charge in [0.2, 0.25) is 0 Å². The number of benzene rings is 1. The lowest BCUT2D eigenvalue weighted by molar-refractivity contribution is 0.240. The Morgan fingerprint density at radius 3 is 2.48 bits per heavy atom. The first kappa shape index (κ1) is 18.8. The molecule has 3 heteroatoms. The van der Waals surface area contributed by atoms with E-state index in [2.05, 4.69) is 41.5 Å². The fraction of sp³-hybridized carbons (Fsp3) is 0.350. The molecule has 0 aliphatic rings. The molecule has 1 aromatic rings. The molecular formula is C20H28N2O. The van der Waals surface area contributed by atoms with Crippen molar-refractivity contribution in [1.82, 2.24) is 10.6 Å². The smallest absolute Gasteiger partial charge is 0.314 e. The van der Waals surface area contributed by atoms with Gasteiger partial charge in [0.1, 0.15) is 0 Å². The second-order valence-electron chi connectivity index (χ2n) is 5.33. The number of hydrogen-bond donors (Lipinski definition) is 2. The van der Waals surface area contributed by atoms with Crippen molar-refractivity contribution in [2.45, 2.75) is 32.6 Å². The zero-order chi connectivity index (χ0) is 16.8. The topological polar surface area (TPSA) is 41.1 Å². The molecule has 3 nitrogen and oxygen atoms in total. The van der Waals surface area contributed by atoms with Gasteiger partial charge in [-0.25, -0.2) is 4.79 Å². The first-order chi connectivity index (χ1) is 11.3. The highest BCUT2D eigenvalue weighted by molar-refractivity contribution is 5.73. The Kier molecular flexibility index (Phi) is 10.0. The second kappa shape index (κ2) is 12.3. The fourth-order valence-electron chi connectivity index (χ4n) is 2.21. The number of aryl methyl sites for hydroxylation is 1. The molecule has 0 saturated carbocycles. The van der Waals surface area contributed by atoms with Crippen LogP contribution in [0, 0.1) is 0 Å². The Morgan fingerprint density at radius 1 is 1.13 bits per heavy atom. The normalized spacial score (nSPS) is 11.4. The molecule has 0 bridgehead atoms. The van der Waals surface area contributed by atoms with Gasteiger partial charge in [-0.15, -0.1) is 0 Å². The van der Waals surface area contributed by atoms with Crippen LogP contribution >= 0.6 is 0 Å². The molecule has 0 aromatic heterocycles. The molecule has 0 atom stereocenters. The average molecular weight is 312 g/mol. The molecule has 2 amide bonds. The number of nitrogens with one attached hydrogen (secondary N) is 2. The van der Waals surface area contributed by atoms with E-state index < -0.39 is 0 Å². The van der Waals surface area contributed by atoms with E-state index in [1.807, 2.05) is 31.2 Å². The highest BCUT2D eigenvalue weighted by Gasteiger charge is 1.99. The summed E-state index contributed by atoms with van der Waals surface area (Å²) in [6.45, 7) is 7.07. The number of rotatable bonds is 10. The number of hydrogen-bond acceptors (Lipinski definition) is 1. The van der Waals surface area contributed by atoms with Crippen LogP contribution in [0.15, 0.2) is 66.8 Å². The van der Waals surface area contributed by atoms with Crippen LogP contribution < -0.4 is 10.6 Å². The summed E-state index contributed by atoms with van der Waals surface area (Å²) in [6, 6.07) is 10.2. The Balaban J connectivity index is 2.06. The Labute approximate surface area is 140 Å². The van der Waals surface area contributed by atoms with Crippen molar-refractivity contribution in [2.75, 3.05) is 13.1 Å². The highest BCUT2D eigenvalue weighted by atomic mass is 16.2. The summed E-state index contributed by atoms with van der Waals surface area (Å²) in [5, 5.41) is 5.79. The molecule has 0 unspecified atom stereocenters. The van der Waals surface area contributed by atoms with Crippen LogP contribution in [-0.4, -0.2) is 19.1 Å². The largest absolute Gasteiger partial charge is 0.338 e. The minimum atomic E-state index is -0.0817. The van der Waals surface area contributed by atoms with Gasteiger partial charge in [0.25, 0.3) is 0 Å². The molecule has 0 saturated heterocycles. The third-order valence-corrected chi connectivity index (χ3v) is 3.52. The third-order valence-electron chi connectivity index (χ3n) is 3.52. The van der Waals surface area contributed by atoms with Crippen LogP contribution in [0.2, 0.25) is 0 Å². The molecule has 23 heavy (non-hydrogen) atoms. The summed E-state index contributed by atoms with van der Waals surface area (Å²) in [5.41, 5.74) is 2.57. The van der Waals surface area contributed by atoms with Gasteiger partial charge in [0.15, 0.2) is 0 Å². The van der Waals surface area contributed by atoms with Crippen LogP contribution in [-0.2, 0) is 6.42 Å². The van der Waals surface area contributed by atoms with Crippen LogP contribution in [0.4, 0.5) is 4.79 Å². The van der Waals surface area contributed by atoms with Gasteiger partial charge >= 0.3 is 6.03 Å². The summed E-state index contributed by atoms with van der Waals surface area (Å²) in [5.74, 6) is 0. The lowest BCUT2D eigenvalue weighted by atomic mass is 10.1. The zero-order valence-electron chi connectivity index (χ0n) is 14.1. The van der Waals surface area contributed by atoms with Crippen LogP contribution in [0.1, 0.15) is 31.7 Å². The molecule has 2 N–H and O–H groups in total. The van der Waals surface area contributed by atoms with Crippen LogP contribution in [0.3, 0.4) is 0 Å². The van der Waals surface area contributed by atoms with Crippen molar-refractivity contribution in [3.63, 3.8) is 0 Å². The summed E-state index contributed by atoms with van der Waals surface area (Å²) >= 11 is 0. The molecule has 0 aliphatic carbocycles. The first-order valence-corrected chi connectivity index (χ1v) is 8.26. The first-order valence-electron chi connectivity index (χ1n) is 8.26. The van der Waals surface area contributed by atoms with E-state index in [0.717, 1.165) is 25.7 Å². The maximum absolute atomic E-state index is 11.7. The van der Waals surface area contributed by atoms with E-state index in [1.54, 1.807) is 6.08 Å². The lowest BCUT2D eigenvalue weighted by Gasteiger charge is -2.08. The standard InChI is InChI=1S/C20H28N2O/c1-3-5-11-18(4-2)14-9-16-21-20(23)22-17-10-15-19-12-7-6-8-13-19/h3-8,11-13H,1,9-10,14-17H2,2H3,(H2,21,22,23)/b11-5-,18-4+. The van der Waals surface area contributed by atoms with Gasteiger partial charge in [-0.1, -0.05) is 66.8 Å². The lowest BCUT2D eigenvalue weighted by Crippen LogP contribution is -2.36. The van der Waals surface area contributed by atoms with E-state index in [0.29, 0.717) is 13.1 Å². The maximum Gasteiger partial charge on any atom is 0.314 e. The van der Waals surface area contributed by atoms with Gasteiger partial charge in [-0.05, 0) is 38.2 Å². The molecule has 1 rings (SSSR count). The molecule has 0 radical (unpaired) electrons. The van der Waals surface area contributed by atoms with E-state index in [1.165, 1.54) is 11.1 Å². The van der Waals surface area contributed by atoms with Crippen molar-refractivity contribution in [1.29, 1.82) is 0 Å². The van der Waals surface area contributed by atoms with Gasteiger partial charge in [0.05, 0.1) is 0 Å². The van der Waals surface area contributed by atoms with Gasteiger partial charge in [-0.2, -0.15) is 0 Å². The van der Waals surface area contributed by atoms with Crippen molar-refractivity contribution < 1.29 is 4.79 Å². The minimum Gasteiger partial charge on any atom is -0.338 e. The molecular weight excluding hydrogens is 284 g/mol.